The molecule has 0 bridgehead atoms. The largest absolute Gasteiger partial charge is 0.321 e. The number of rotatable bonds is 5. The van der Waals surface area contributed by atoms with Gasteiger partial charge in [0.2, 0.25) is 0 Å². The normalized spacial score (nSPS) is 11.3. The van der Waals surface area contributed by atoms with Gasteiger partial charge in [0.15, 0.2) is 5.69 Å². The maximum atomic E-state index is 13.0. The lowest BCUT2D eigenvalue weighted by molar-refractivity contribution is 0.102. The van der Waals surface area contributed by atoms with E-state index in [0.717, 1.165) is 5.52 Å². The molecule has 7 nitrogen and oxygen atoms in total. The molecule has 0 radical (unpaired) electrons. The van der Waals surface area contributed by atoms with E-state index in [1.165, 1.54) is 23.5 Å². The van der Waals surface area contributed by atoms with Gasteiger partial charge < -0.3 is 5.32 Å². The standard InChI is InChI=1S/C21H18N4O3S/c1-25(16-9-3-2-4-10-16)29(27,28)17-11-7-8-15(14-17)22-21(26)20-18-12-5-6-13-19(18)23-24-20/h2-14H,1H3,(H,22,26)(H,23,24). The Kier molecular flexibility index (Phi) is 4.77. The van der Waals surface area contributed by atoms with Gasteiger partial charge in [-0.1, -0.05) is 42.5 Å². The molecule has 0 aliphatic heterocycles. The van der Waals surface area contributed by atoms with Crippen LogP contribution in [0.2, 0.25) is 0 Å². The molecule has 0 unspecified atom stereocenters. The molecule has 0 saturated carbocycles. The van der Waals surface area contributed by atoms with Crippen LogP contribution in [0.3, 0.4) is 0 Å². The van der Waals surface area contributed by atoms with Gasteiger partial charge in [-0.05, 0) is 36.4 Å². The Balaban J connectivity index is 1.61. The molecule has 1 amide bonds. The zero-order valence-electron chi connectivity index (χ0n) is 15.5. The molecule has 3 aromatic carbocycles. The number of hydrogen-bond acceptors (Lipinski definition) is 4. The second-order valence-electron chi connectivity index (χ2n) is 6.41. The van der Waals surface area contributed by atoms with E-state index in [1.807, 2.05) is 24.3 Å². The van der Waals surface area contributed by atoms with Gasteiger partial charge in [-0.25, -0.2) is 8.42 Å². The molecule has 29 heavy (non-hydrogen) atoms. The number of para-hydroxylation sites is 2. The molecule has 1 aromatic heterocycles. The maximum absolute atomic E-state index is 13.0. The Morgan fingerprint density at radius 3 is 2.48 bits per heavy atom. The van der Waals surface area contributed by atoms with E-state index >= 15 is 0 Å². The van der Waals surface area contributed by atoms with Gasteiger partial charge >= 0.3 is 0 Å². The quantitative estimate of drug-likeness (QED) is 0.529. The summed E-state index contributed by atoms with van der Waals surface area (Å²) in [5.41, 5.74) is 1.91. The summed E-state index contributed by atoms with van der Waals surface area (Å²) in [6.45, 7) is 0. The second-order valence-corrected chi connectivity index (χ2v) is 8.38. The minimum atomic E-state index is -3.78. The van der Waals surface area contributed by atoms with E-state index in [4.69, 9.17) is 0 Å². The number of hydrogen-bond donors (Lipinski definition) is 2. The number of carbonyl (C=O) groups excluding carboxylic acids is 1. The Labute approximate surface area is 168 Å². The molecule has 4 aromatic rings. The Morgan fingerprint density at radius 2 is 1.69 bits per heavy atom. The summed E-state index contributed by atoms with van der Waals surface area (Å²) < 4.78 is 27.1. The SMILES string of the molecule is CN(c1ccccc1)S(=O)(=O)c1cccc(NC(=O)c2n[nH]c3ccccc23)c1. The molecule has 0 aliphatic carbocycles. The smallest absolute Gasteiger partial charge is 0.276 e. The molecule has 146 valence electrons. The van der Waals surface area contributed by atoms with E-state index in [-0.39, 0.29) is 10.6 Å². The van der Waals surface area contributed by atoms with Crippen LogP contribution in [0.5, 0.6) is 0 Å². The number of benzene rings is 3. The molecule has 0 atom stereocenters. The van der Waals surface area contributed by atoms with Crippen molar-refractivity contribution in [1.82, 2.24) is 10.2 Å². The third-order valence-electron chi connectivity index (χ3n) is 4.56. The topological polar surface area (TPSA) is 95.2 Å². The van der Waals surface area contributed by atoms with Crippen molar-refractivity contribution >= 4 is 38.2 Å². The predicted octanol–water partition coefficient (Wildman–Crippen LogP) is 3.64. The van der Waals surface area contributed by atoms with E-state index in [1.54, 1.807) is 42.5 Å². The minimum absolute atomic E-state index is 0.0774. The van der Waals surface area contributed by atoms with Crippen LogP contribution in [-0.2, 0) is 10.0 Å². The molecule has 0 aliphatic rings. The highest BCUT2D eigenvalue weighted by atomic mass is 32.2. The number of anilines is 2. The van der Waals surface area contributed by atoms with Crippen molar-refractivity contribution in [2.45, 2.75) is 4.90 Å². The molecule has 4 rings (SSSR count). The van der Waals surface area contributed by atoms with E-state index in [9.17, 15) is 13.2 Å². The lowest BCUT2D eigenvalue weighted by atomic mass is 10.2. The Hall–Kier alpha value is -3.65. The highest BCUT2D eigenvalue weighted by Gasteiger charge is 2.22. The van der Waals surface area contributed by atoms with Crippen molar-refractivity contribution < 1.29 is 13.2 Å². The maximum Gasteiger partial charge on any atom is 0.276 e. The van der Waals surface area contributed by atoms with Crippen molar-refractivity contribution in [2.24, 2.45) is 0 Å². The van der Waals surface area contributed by atoms with Gasteiger partial charge in [0.25, 0.3) is 15.9 Å². The van der Waals surface area contributed by atoms with Crippen molar-refractivity contribution in [3.05, 3.63) is 84.6 Å². The van der Waals surface area contributed by atoms with Crippen LogP contribution in [0.25, 0.3) is 10.9 Å². The summed E-state index contributed by atoms with van der Waals surface area (Å²) in [6.07, 6.45) is 0. The number of amides is 1. The molecule has 0 saturated heterocycles. The number of aromatic nitrogens is 2. The molecular weight excluding hydrogens is 388 g/mol. The van der Waals surface area contributed by atoms with Crippen LogP contribution in [0.15, 0.2) is 83.8 Å². The number of fused-ring (bicyclic) bond motifs is 1. The average Bonchev–Trinajstić information content (AvgIpc) is 3.18. The summed E-state index contributed by atoms with van der Waals surface area (Å²) in [7, 11) is -2.29. The molecule has 0 spiro atoms. The highest BCUT2D eigenvalue weighted by Crippen LogP contribution is 2.24. The summed E-state index contributed by atoms with van der Waals surface area (Å²) in [5.74, 6) is -0.423. The van der Waals surface area contributed by atoms with Crippen molar-refractivity contribution in [1.29, 1.82) is 0 Å². The van der Waals surface area contributed by atoms with Crippen LogP contribution >= 0.6 is 0 Å². The van der Waals surface area contributed by atoms with Crippen LogP contribution in [0.1, 0.15) is 10.5 Å². The fourth-order valence-corrected chi connectivity index (χ4v) is 4.24. The fraction of sp³-hybridized carbons (Fsp3) is 0.0476. The van der Waals surface area contributed by atoms with Crippen LogP contribution in [-0.4, -0.2) is 31.6 Å². The minimum Gasteiger partial charge on any atom is -0.321 e. The summed E-state index contributed by atoms with van der Waals surface area (Å²) in [5, 5.41) is 10.3. The fourth-order valence-electron chi connectivity index (χ4n) is 3.00. The summed E-state index contributed by atoms with van der Waals surface area (Å²) >= 11 is 0. The number of aromatic amines is 1. The van der Waals surface area contributed by atoms with Crippen molar-refractivity contribution in [3.8, 4) is 0 Å². The van der Waals surface area contributed by atoms with E-state index < -0.39 is 15.9 Å². The molecule has 8 heteroatoms. The Morgan fingerprint density at radius 1 is 0.966 bits per heavy atom. The van der Waals surface area contributed by atoms with E-state index in [0.29, 0.717) is 16.8 Å². The highest BCUT2D eigenvalue weighted by molar-refractivity contribution is 7.92. The first-order valence-electron chi connectivity index (χ1n) is 8.85. The number of carbonyl (C=O) groups is 1. The Bertz CT molecular complexity index is 1280. The van der Waals surface area contributed by atoms with Gasteiger partial charge in [0.05, 0.1) is 16.1 Å². The summed E-state index contributed by atoms with van der Waals surface area (Å²) in [4.78, 5) is 12.7. The van der Waals surface area contributed by atoms with Crippen LogP contribution in [0, 0.1) is 0 Å². The number of nitrogens with zero attached hydrogens (tertiary/aromatic N) is 2. The third kappa shape index (κ3) is 3.57. The second kappa shape index (κ2) is 7.40. The first kappa shape index (κ1) is 18.7. The van der Waals surface area contributed by atoms with Crippen LogP contribution in [0.4, 0.5) is 11.4 Å². The third-order valence-corrected chi connectivity index (χ3v) is 6.34. The first-order chi connectivity index (χ1) is 14.0. The van der Waals surface area contributed by atoms with E-state index in [2.05, 4.69) is 15.5 Å². The molecule has 1 heterocycles. The van der Waals surface area contributed by atoms with Crippen molar-refractivity contribution in [3.63, 3.8) is 0 Å². The van der Waals surface area contributed by atoms with Gasteiger partial charge in [-0.2, -0.15) is 5.10 Å². The van der Waals surface area contributed by atoms with Gasteiger partial charge in [0, 0.05) is 18.1 Å². The number of H-pyrrole nitrogens is 1. The predicted molar refractivity (Wildman–Crippen MR) is 113 cm³/mol. The van der Waals surface area contributed by atoms with Gasteiger partial charge in [-0.3, -0.25) is 14.2 Å². The number of nitrogens with one attached hydrogen (secondary N) is 2. The number of sulfonamides is 1. The zero-order valence-corrected chi connectivity index (χ0v) is 16.3. The molecule has 0 fully saturated rings. The van der Waals surface area contributed by atoms with Gasteiger partial charge in [0.1, 0.15) is 0 Å². The van der Waals surface area contributed by atoms with Crippen LogP contribution < -0.4 is 9.62 Å². The lowest BCUT2D eigenvalue weighted by Gasteiger charge is -2.19. The van der Waals surface area contributed by atoms with Crippen molar-refractivity contribution in [2.75, 3.05) is 16.7 Å². The van der Waals surface area contributed by atoms with Gasteiger partial charge in [-0.15, -0.1) is 0 Å². The zero-order chi connectivity index (χ0) is 20.4. The average molecular weight is 406 g/mol. The monoisotopic (exact) mass is 406 g/mol. The molecule has 2 N–H and O–H groups in total. The first-order valence-corrected chi connectivity index (χ1v) is 10.3. The molecular formula is C21H18N4O3S. The lowest BCUT2D eigenvalue weighted by Crippen LogP contribution is -2.26. The summed E-state index contributed by atoms with van der Waals surface area (Å²) in [6, 6.07) is 22.2.